The van der Waals surface area contributed by atoms with Gasteiger partial charge < -0.3 is 5.11 Å². The number of hydrogen-bond donors (Lipinski definition) is 1. The molecule has 0 bridgehead atoms. The Labute approximate surface area is 98.7 Å². The van der Waals surface area contributed by atoms with Crippen LogP contribution in [0.5, 0.6) is 0 Å². The third-order valence-corrected chi connectivity index (χ3v) is 2.86. The van der Waals surface area contributed by atoms with Crippen molar-refractivity contribution in [2.24, 2.45) is 0 Å². The summed E-state index contributed by atoms with van der Waals surface area (Å²) in [6.07, 6.45) is 1.34. The van der Waals surface area contributed by atoms with Gasteiger partial charge in [-0.3, -0.25) is 0 Å². The van der Waals surface area contributed by atoms with Gasteiger partial charge in [-0.15, -0.1) is 0 Å². The van der Waals surface area contributed by atoms with Gasteiger partial charge in [-0.1, -0.05) is 0 Å². The number of aromatic nitrogens is 3. The number of aromatic carboxylic acids is 1. The van der Waals surface area contributed by atoms with E-state index in [1.807, 2.05) is 20.8 Å². The Morgan fingerprint density at radius 3 is 2.41 bits per heavy atom. The van der Waals surface area contributed by atoms with E-state index in [1.165, 1.54) is 12.3 Å². The van der Waals surface area contributed by atoms with Crippen molar-refractivity contribution in [2.75, 3.05) is 0 Å². The lowest BCUT2D eigenvalue weighted by atomic mass is 10.2. The Morgan fingerprint density at radius 1 is 1.29 bits per heavy atom. The summed E-state index contributed by atoms with van der Waals surface area (Å²) in [5.74, 6) is -0.350. The Kier molecular flexibility index (Phi) is 2.67. The van der Waals surface area contributed by atoms with Crippen LogP contribution in [0.2, 0.25) is 0 Å². The van der Waals surface area contributed by atoms with E-state index >= 15 is 0 Å². The highest BCUT2D eigenvalue weighted by Crippen LogP contribution is 2.15. The molecular weight excluding hydrogens is 218 g/mol. The van der Waals surface area contributed by atoms with Gasteiger partial charge in [0.25, 0.3) is 0 Å². The monoisotopic (exact) mass is 231 g/mol. The molecule has 0 spiro atoms. The van der Waals surface area contributed by atoms with E-state index in [9.17, 15) is 4.79 Å². The largest absolute Gasteiger partial charge is 0.478 e. The Hall–Kier alpha value is -2.17. The van der Waals surface area contributed by atoms with Crippen molar-refractivity contribution in [3.63, 3.8) is 0 Å². The second-order valence-electron chi connectivity index (χ2n) is 3.92. The highest BCUT2D eigenvalue weighted by molar-refractivity contribution is 5.87. The van der Waals surface area contributed by atoms with Gasteiger partial charge >= 0.3 is 5.97 Å². The highest BCUT2D eigenvalue weighted by atomic mass is 16.4. The van der Waals surface area contributed by atoms with Gasteiger partial charge in [0.2, 0.25) is 0 Å². The molecule has 88 valence electrons. The van der Waals surface area contributed by atoms with Crippen molar-refractivity contribution < 1.29 is 9.90 Å². The molecule has 0 radical (unpaired) electrons. The van der Waals surface area contributed by atoms with Crippen molar-refractivity contribution in [1.82, 2.24) is 14.8 Å². The minimum absolute atomic E-state index is 0.173. The molecule has 17 heavy (non-hydrogen) atoms. The summed E-state index contributed by atoms with van der Waals surface area (Å²) in [5.41, 5.74) is 3.26. The molecule has 2 aromatic heterocycles. The molecule has 0 atom stereocenters. The van der Waals surface area contributed by atoms with Gasteiger partial charge in [-0.25, -0.2) is 14.5 Å². The van der Waals surface area contributed by atoms with Crippen LogP contribution in [0.25, 0.3) is 5.82 Å². The molecule has 2 heterocycles. The fourth-order valence-electron chi connectivity index (χ4n) is 1.58. The molecule has 5 heteroatoms. The molecule has 0 amide bonds. The van der Waals surface area contributed by atoms with Crippen LogP contribution in [-0.4, -0.2) is 25.8 Å². The van der Waals surface area contributed by atoms with E-state index < -0.39 is 5.97 Å². The first kappa shape index (κ1) is 11.3. The number of rotatable bonds is 2. The molecule has 0 aliphatic carbocycles. The molecule has 0 aliphatic rings. The zero-order chi connectivity index (χ0) is 12.6. The van der Waals surface area contributed by atoms with Gasteiger partial charge in [0, 0.05) is 11.9 Å². The predicted octanol–water partition coefficient (Wildman–Crippen LogP) is 1.89. The van der Waals surface area contributed by atoms with Gasteiger partial charge in [0.05, 0.1) is 11.3 Å². The second-order valence-corrected chi connectivity index (χ2v) is 3.92. The molecule has 0 unspecified atom stereocenters. The summed E-state index contributed by atoms with van der Waals surface area (Å²) in [5, 5.41) is 13.1. The van der Waals surface area contributed by atoms with Crippen molar-refractivity contribution >= 4 is 5.97 Å². The highest BCUT2D eigenvalue weighted by Gasteiger charge is 2.10. The zero-order valence-electron chi connectivity index (χ0n) is 9.93. The summed E-state index contributed by atoms with van der Waals surface area (Å²) in [6, 6.07) is 3.18. The molecule has 0 saturated carbocycles. The van der Waals surface area contributed by atoms with Crippen LogP contribution in [0.1, 0.15) is 27.3 Å². The van der Waals surface area contributed by atoms with Crippen LogP contribution in [0.15, 0.2) is 18.3 Å². The lowest BCUT2D eigenvalue weighted by Crippen LogP contribution is -2.04. The number of nitrogens with zero attached hydrogens (tertiary/aromatic N) is 3. The summed E-state index contributed by atoms with van der Waals surface area (Å²) >= 11 is 0. The van der Waals surface area contributed by atoms with E-state index in [2.05, 4.69) is 10.1 Å². The summed E-state index contributed by atoms with van der Waals surface area (Å²) < 4.78 is 1.72. The maximum atomic E-state index is 10.7. The first-order valence-corrected chi connectivity index (χ1v) is 5.23. The van der Waals surface area contributed by atoms with Gasteiger partial charge in [-0.05, 0) is 38.5 Å². The molecule has 2 rings (SSSR count). The Bertz CT molecular complexity index is 570. The SMILES string of the molecule is Cc1nn(-c2ccc(C(=O)O)cn2)c(C)c1C. The fourth-order valence-corrected chi connectivity index (χ4v) is 1.58. The van der Waals surface area contributed by atoms with E-state index in [-0.39, 0.29) is 5.56 Å². The van der Waals surface area contributed by atoms with Crippen LogP contribution in [0.3, 0.4) is 0 Å². The maximum Gasteiger partial charge on any atom is 0.337 e. The number of pyridine rings is 1. The number of carbonyl (C=O) groups is 1. The van der Waals surface area contributed by atoms with Crippen molar-refractivity contribution in [3.8, 4) is 5.82 Å². The van der Waals surface area contributed by atoms with Crippen molar-refractivity contribution in [2.45, 2.75) is 20.8 Å². The van der Waals surface area contributed by atoms with E-state index in [0.29, 0.717) is 5.82 Å². The third-order valence-electron chi connectivity index (χ3n) is 2.86. The summed E-state index contributed by atoms with van der Waals surface area (Å²) in [4.78, 5) is 14.8. The quantitative estimate of drug-likeness (QED) is 0.857. The summed E-state index contributed by atoms with van der Waals surface area (Å²) in [7, 11) is 0. The fraction of sp³-hybridized carbons (Fsp3) is 0.250. The summed E-state index contributed by atoms with van der Waals surface area (Å²) in [6.45, 7) is 5.90. The van der Waals surface area contributed by atoms with Crippen molar-refractivity contribution in [1.29, 1.82) is 0 Å². The minimum Gasteiger partial charge on any atom is -0.478 e. The Morgan fingerprint density at radius 2 is 2.00 bits per heavy atom. The van der Waals surface area contributed by atoms with E-state index in [1.54, 1.807) is 10.7 Å². The topological polar surface area (TPSA) is 68.0 Å². The van der Waals surface area contributed by atoms with Crippen LogP contribution in [0, 0.1) is 20.8 Å². The number of aryl methyl sites for hydroxylation is 1. The minimum atomic E-state index is -0.978. The maximum absolute atomic E-state index is 10.7. The number of carboxylic acids is 1. The second kappa shape index (κ2) is 4.01. The number of carboxylic acid groups (broad SMARTS) is 1. The molecule has 0 saturated heterocycles. The van der Waals surface area contributed by atoms with E-state index in [0.717, 1.165) is 17.0 Å². The lowest BCUT2D eigenvalue weighted by Gasteiger charge is -2.03. The van der Waals surface area contributed by atoms with Crippen LogP contribution >= 0.6 is 0 Å². The molecular formula is C12H13N3O2. The van der Waals surface area contributed by atoms with Gasteiger partial charge in [-0.2, -0.15) is 5.10 Å². The van der Waals surface area contributed by atoms with Crippen LogP contribution < -0.4 is 0 Å². The molecule has 0 fully saturated rings. The zero-order valence-corrected chi connectivity index (χ0v) is 9.93. The Balaban J connectivity index is 2.47. The standard InChI is InChI=1S/C12H13N3O2/c1-7-8(2)14-15(9(7)3)11-5-4-10(6-13-11)12(16)17/h4-6H,1-3H3,(H,16,17). The lowest BCUT2D eigenvalue weighted by molar-refractivity contribution is 0.0696. The molecule has 2 aromatic rings. The smallest absolute Gasteiger partial charge is 0.337 e. The average Bonchev–Trinajstić information content (AvgIpc) is 2.57. The average molecular weight is 231 g/mol. The first-order chi connectivity index (χ1) is 8.00. The van der Waals surface area contributed by atoms with Gasteiger partial charge in [0.1, 0.15) is 0 Å². The molecule has 5 nitrogen and oxygen atoms in total. The van der Waals surface area contributed by atoms with Crippen LogP contribution in [-0.2, 0) is 0 Å². The van der Waals surface area contributed by atoms with E-state index in [4.69, 9.17) is 5.11 Å². The van der Waals surface area contributed by atoms with Crippen molar-refractivity contribution in [3.05, 3.63) is 40.8 Å². The normalized spacial score (nSPS) is 10.5. The molecule has 0 aromatic carbocycles. The first-order valence-electron chi connectivity index (χ1n) is 5.23. The number of hydrogen-bond acceptors (Lipinski definition) is 3. The molecule has 1 N–H and O–H groups in total. The van der Waals surface area contributed by atoms with Crippen LogP contribution in [0.4, 0.5) is 0 Å². The predicted molar refractivity (Wildman–Crippen MR) is 62.5 cm³/mol. The molecule has 0 aliphatic heterocycles. The van der Waals surface area contributed by atoms with Gasteiger partial charge in [0.15, 0.2) is 5.82 Å². The third kappa shape index (κ3) is 1.91.